The highest BCUT2D eigenvalue weighted by Crippen LogP contribution is 2.33. The monoisotopic (exact) mass is 459 g/mol. The number of rotatable bonds is 8. The molecule has 8 heteroatoms. The average molecular weight is 460 g/mol. The first-order valence-corrected chi connectivity index (χ1v) is 11.3. The molecule has 0 radical (unpaired) electrons. The predicted octanol–water partition coefficient (Wildman–Crippen LogP) is 6.54. The molecule has 0 saturated carbocycles. The van der Waals surface area contributed by atoms with E-state index in [4.69, 9.17) is 4.74 Å². The summed E-state index contributed by atoms with van der Waals surface area (Å²) >= 11 is 1.38. The van der Waals surface area contributed by atoms with Gasteiger partial charge in [0.15, 0.2) is 0 Å². The van der Waals surface area contributed by atoms with E-state index >= 15 is 0 Å². The largest absolute Gasteiger partial charge is 0.467 e. The van der Waals surface area contributed by atoms with Crippen LogP contribution in [0.25, 0.3) is 11.3 Å². The lowest BCUT2D eigenvalue weighted by molar-refractivity contribution is -0.137. The summed E-state index contributed by atoms with van der Waals surface area (Å²) in [6.45, 7) is 2.11. The zero-order valence-corrected chi connectivity index (χ0v) is 18.8. The van der Waals surface area contributed by atoms with Gasteiger partial charge in [-0.3, -0.25) is 0 Å². The second kappa shape index (κ2) is 11.1. The summed E-state index contributed by atoms with van der Waals surface area (Å²) in [6.07, 6.45) is 3.84. The van der Waals surface area contributed by atoms with Crippen molar-refractivity contribution in [3.63, 3.8) is 0 Å². The minimum Gasteiger partial charge on any atom is -0.467 e. The first-order valence-electron chi connectivity index (χ1n) is 10.4. The van der Waals surface area contributed by atoms with Crippen molar-refractivity contribution in [2.45, 2.75) is 51.6 Å². The fourth-order valence-electron chi connectivity index (χ4n) is 3.10. The Morgan fingerprint density at radius 2 is 1.88 bits per heavy atom. The van der Waals surface area contributed by atoms with Crippen molar-refractivity contribution < 1.29 is 17.9 Å². The quantitative estimate of drug-likeness (QED) is 0.283. The maximum Gasteiger partial charge on any atom is 0.417 e. The van der Waals surface area contributed by atoms with Gasteiger partial charge in [-0.15, -0.1) is 11.3 Å². The SMILES string of the molecule is CCCCCCC#Cc1ccc(Cc2nc(-c3cnc(OC)nc3)cs2)cc1C(F)(F)F. The number of halogens is 3. The Hall–Kier alpha value is -2.92. The van der Waals surface area contributed by atoms with Gasteiger partial charge in [0.1, 0.15) is 0 Å². The molecular formula is C24H24F3N3OS. The number of hydrogen-bond donors (Lipinski definition) is 0. The number of hydrogen-bond acceptors (Lipinski definition) is 5. The second-order valence-corrected chi connectivity index (χ2v) is 8.19. The lowest BCUT2D eigenvalue weighted by Crippen LogP contribution is -2.08. The maximum absolute atomic E-state index is 13.6. The van der Waals surface area contributed by atoms with Crippen LogP contribution < -0.4 is 4.74 Å². The minimum atomic E-state index is -4.46. The zero-order valence-electron chi connectivity index (χ0n) is 18.0. The maximum atomic E-state index is 13.6. The van der Waals surface area contributed by atoms with Crippen molar-refractivity contribution in [2.75, 3.05) is 7.11 Å². The van der Waals surface area contributed by atoms with E-state index in [0.717, 1.165) is 25.7 Å². The lowest BCUT2D eigenvalue weighted by atomic mass is 10.0. The molecule has 2 heterocycles. The van der Waals surface area contributed by atoms with Crippen LogP contribution in [0.1, 0.15) is 60.7 Å². The summed E-state index contributed by atoms with van der Waals surface area (Å²) in [5, 5.41) is 2.54. The summed E-state index contributed by atoms with van der Waals surface area (Å²) in [5.74, 6) is 5.61. The Balaban J connectivity index is 1.74. The van der Waals surface area contributed by atoms with Crippen LogP contribution in [-0.4, -0.2) is 22.1 Å². The smallest absolute Gasteiger partial charge is 0.417 e. The number of nitrogens with zero attached hydrogens (tertiary/aromatic N) is 3. The summed E-state index contributed by atoms with van der Waals surface area (Å²) in [6, 6.07) is 4.59. The van der Waals surface area contributed by atoms with Gasteiger partial charge in [-0.05, 0) is 24.1 Å². The van der Waals surface area contributed by atoms with Crippen molar-refractivity contribution in [2.24, 2.45) is 0 Å². The Morgan fingerprint density at radius 3 is 2.56 bits per heavy atom. The summed E-state index contributed by atoms with van der Waals surface area (Å²) in [7, 11) is 1.48. The van der Waals surface area contributed by atoms with Gasteiger partial charge in [0.05, 0.1) is 23.4 Å². The van der Waals surface area contributed by atoms with E-state index < -0.39 is 11.7 Å². The molecule has 168 valence electrons. The highest BCUT2D eigenvalue weighted by molar-refractivity contribution is 7.10. The zero-order chi connectivity index (χ0) is 23.0. The Bertz CT molecular complexity index is 1080. The fourth-order valence-corrected chi connectivity index (χ4v) is 3.93. The molecule has 0 aliphatic rings. The standard InChI is InChI=1S/C24H24F3N3OS/c1-3-4-5-6-7-8-9-18-11-10-17(12-20(18)24(25,26)27)13-22-30-21(16-32-22)19-14-28-23(31-2)29-15-19/h10-12,14-16H,3-7,13H2,1-2H3. The van der Waals surface area contributed by atoms with Gasteiger partial charge < -0.3 is 4.74 Å². The molecule has 0 aliphatic heterocycles. The van der Waals surface area contributed by atoms with Crippen LogP contribution in [0.15, 0.2) is 36.0 Å². The highest BCUT2D eigenvalue weighted by atomic mass is 32.1. The summed E-state index contributed by atoms with van der Waals surface area (Å²) in [4.78, 5) is 12.6. The van der Waals surface area contributed by atoms with E-state index in [1.54, 1.807) is 18.5 Å². The van der Waals surface area contributed by atoms with Crippen LogP contribution in [0.3, 0.4) is 0 Å². The molecular weight excluding hydrogens is 435 g/mol. The van der Waals surface area contributed by atoms with E-state index in [0.29, 0.717) is 34.7 Å². The molecule has 1 aromatic carbocycles. The summed E-state index contributed by atoms with van der Waals surface area (Å²) < 4.78 is 45.8. The molecule has 0 amide bonds. The van der Waals surface area contributed by atoms with Crippen LogP contribution in [0.5, 0.6) is 6.01 Å². The number of ether oxygens (including phenoxy) is 1. The Morgan fingerprint density at radius 1 is 1.09 bits per heavy atom. The van der Waals surface area contributed by atoms with Crippen LogP contribution in [0.2, 0.25) is 0 Å². The normalized spacial score (nSPS) is 11.2. The third-order valence-electron chi connectivity index (χ3n) is 4.78. The number of methoxy groups -OCH3 is 1. The van der Waals surface area contributed by atoms with Gasteiger partial charge in [0.25, 0.3) is 0 Å². The van der Waals surface area contributed by atoms with Gasteiger partial charge >= 0.3 is 12.2 Å². The number of unbranched alkanes of at least 4 members (excludes halogenated alkanes) is 4. The molecule has 2 aromatic heterocycles. The van der Waals surface area contributed by atoms with E-state index in [1.807, 2.05) is 5.38 Å². The molecule has 32 heavy (non-hydrogen) atoms. The van der Waals surface area contributed by atoms with Gasteiger partial charge in [-0.2, -0.15) is 13.2 Å². The number of alkyl halides is 3. The van der Waals surface area contributed by atoms with Crippen molar-refractivity contribution in [3.8, 4) is 29.1 Å². The molecule has 0 aliphatic carbocycles. The van der Waals surface area contributed by atoms with Crippen LogP contribution in [0.4, 0.5) is 13.2 Å². The third kappa shape index (κ3) is 6.54. The molecule has 3 aromatic rings. The fraction of sp³-hybridized carbons (Fsp3) is 0.375. The van der Waals surface area contributed by atoms with E-state index in [-0.39, 0.29) is 11.6 Å². The predicted molar refractivity (Wildman–Crippen MR) is 120 cm³/mol. The number of aromatic nitrogens is 3. The number of thiazole rings is 1. The first-order chi connectivity index (χ1) is 15.4. The molecule has 0 bridgehead atoms. The van der Waals surface area contributed by atoms with Gasteiger partial charge in [0.2, 0.25) is 0 Å². The van der Waals surface area contributed by atoms with Crippen LogP contribution in [-0.2, 0) is 12.6 Å². The highest BCUT2D eigenvalue weighted by Gasteiger charge is 2.33. The summed E-state index contributed by atoms with van der Waals surface area (Å²) in [5.41, 5.74) is 1.25. The van der Waals surface area contributed by atoms with Crippen LogP contribution in [0, 0.1) is 11.8 Å². The van der Waals surface area contributed by atoms with Crippen LogP contribution >= 0.6 is 11.3 Å². The molecule has 4 nitrogen and oxygen atoms in total. The molecule has 0 saturated heterocycles. The van der Waals surface area contributed by atoms with Gasteiger partial charge in [0, 0.05) is 41.7 Å². The van der Waals surface area contributed by atoms with E-state index in [2.05, 4.69) is 33.7 Å². The minimum absolute atomic E-state index is 0.0203. The van der Waals surface area contributed by atoms with Crippen molar-refractivity contribution in [3.05, 3.63) is 57.7 Å². The molecule has 0 N–H and O–H groups in total. The topological polar surface area (TPSA) is 47.9 Å². The third-order valence-corrected chi connectivity index (χ3v) is 5.63. The molecule has 0 atom stereocenters. The van der Waals surface area contributed by atoms with E-state index in [1.165, 1.54) is 30.6 Å². The van der Waals surface area contributed by atoms with Gasteiger partial charge in [-0.1, -0.05) is 44.1 Å². The number of benzene rings is 1. The second-order valence-electron chi connectivity index (χ2n) is 7.25. The average Bonchev–Trinajstić information content (AvgIpc) is 3.24. The molecule has 0 fully saturated rings. The molecule has 0 spiro atoms. The van der Waals surface area contributed by atoms with Crippen molar-refractivity contribution in [1.29, 1.82) is 0 Å². The lowest BCUT2D eigenvalue weighted by Gasteiger charge is -2.11. The van der Waals surface area contributed by atoms with Gasteiger partial charge in [-0.25, -0.2) is 15.0 Å². The first kappa shape index (κ1) is 23.7. The Labute approximate surface area is 189 Å². The Kier molecular flexibility index (Phi) is 8.23. The van der Waals surface area contributed by atoms with Crippen molar-refractivity contribution >= 4 is 11.3 Å². The molecule has 0 unspecified atom stereocenters. The van der Waals surface area contributed by atoms with Crippen molar-refractivity contribution in [1.82, 2.24) is 15.0 Å². The molecule has 3 rings (SSSR count). The van der Waals surface area contributed by atoms with E-state index in [9.17, 15) is 13.2 Å².